The highest BCUT2D eigenvalue weighted by Crippen LogP contribution is 2.31. The van der Waals surface area contributed by atoms with Crippen LogP contribution >= 0.6 is 0 Å². The van der Waals surface area contributed by atoms with Crippen molar-refractivity contribution in [1.82, 2.24) is 10.2 Å². The van der Waals surface area contributed by atoms with Crippen LogP contribution in [0.5, 0.6) is 0 Å². The average molecular weight is 284 g/mol. The van der Waals surface area contributed by atoms with Gasteiger partial charge in [-0.2, -0.15) is 0 Å². The highest BCUT2D eigenvalue weighted by molar-refractivity contribution is 5.84. The van der Waals surface area contributed by atoms with Crippen molar-refractivity contribution >= 4 is 11.9 Å². The standard InChI is InChI=1S/C14H24N2O4/c1-15-14(5-3-2-4-6-14)9-12(17)16-7-8-20-10-11(16)13(18)19/h11,15H,2-10H2,1H3,(H,18,19). The van der Waals surface area contributed by atoms with Crippen LogP contribution in [0.25, 0.3) is 0 Å². The van der Waals surface area contributed by atoms with E-state index >= 15 is 0 Å². The molecule has 1 amide bonds. The molecule has 2 aliphatic rings. The first-order valence-electron chi connectivity index (χ1n) is 7.37. The number of amides is 1. The van der Waals surface area contributed by atoms with Crippen LogP contribution in [-0.4, -0.2) is 60.3 Å². The maximum atomic E-state index is 12.5. The third-order valence-electron chi connectivity index (χ3n) is 4.56. The number of carboxylic acids is 1. The normalized spacial score (nSPS) is 26.2. The molecule has 0 aromatic carbocycles. The predicted molar refractivity (Wildman–Crippen MR) is 73.4 cm³/mol. The minimum atomic E-state index is -0.986. The summed E-state index contributed by atoms with van der Waals surface area (Å²) in [4.78, 5) is 25.2. The second kappa shape index (κ2) is 6.54. The summed E-state index contributed by atoms with van der Waals surface area (Å²) in [6.45, 7) is 0.880. The number of carbonyl (C=O) groups is 2. The highest BCUT2D eigenvalue weighted by Gasteiger charge is 2.38. The van der Waals surface area contributed by atoms with E-state index in [1.165, 1.54) is 11.3 Å². The van der Waals surface area contributed by atoms with Crippen LogP contribution < -0.4 is 5.32 Å². The minimum Gasteiger partial charge on any atom is -0.480 e. The number of carbonyl (C=O) groups excluding carboxylic acids is 1. The van der Waals surface area contributed by atoms with Gasteiger partial charge in [0.1, 0.15) is 0 Å². The number of nitrogens with zero attached hydrogens (tertiary/aromatic N) is 1. The number of aliphatic carboxylic acids is 1. The Morgan fingerprint density at radius 2 is 2.05 bits per heavy atom. The number of rotatable bonds is 4. The van der Waals surface area contributed by atoms with Crippen LogP contribution in [0.3, 0.4) is 0 Å². The summed E-state index contributed by atoms with van der Waals surface area (Å²) in [5.41, 5.74) is -0.156. The van der Waals surface area contributed by atoms with Crippen molar-refractivity contribution in [2.45, 2.75) is 50.1 Å². The van der Waals surface area contributed by atoms with Crippen molar-refractivity contribution < 1.29 is 19.4 Å². The third-order valence-corrected chi connectivity index (χ3v) is 4.56. The Labute approximate surface area is 119 Å². The molecule has 0 spiro atoms. The van der Waals surface area contributed by atoms with Crippen LogP contribution in [0, 0.1) is 0 Å². The SMILES string of the molecule is CNC1(CC(=O)N2CCOCC2C(=O)O)CCCCC1. The number of hydrogen-bond acceptors (Lipinski definition) is 4. The van der Waals surface area contributed by atoms with Crippen LogP contribution in [0.4, 0.5) is 0 Å². The second-order valence-electron chi connectivity index (χ2n) is 5.78. The van der Waals surface area contributed by atoms with E-state index in [0.29, 0.717) is 19.6 Å². The Bertz CT molecular complexity index is 366. The zero-order chi connectivity index (χ0) is 14.6. The molecule has 2 fully saturated rings. The Hall–Kier alpha value is -1.14. The van der Waals surface area contributed by atoms with Gasteiger partial charge in [-0.15, -0.1) is 0 Å². The second-order valence-corrected chi connectivity index (χ2v) is 5.78. The van der Waals surface area contributed by atoms with Gasteiger partial charge >= 0.3 is 5.97 Å². The van der Waals surface area contributed by atoms with Crippen LogP contribution in [0.15, 0.2) is 0 Å². The third kappa shape index (κ3) is 3.30. The van der Waals surface area contributed by atoms with Gasteiger partial charge in [0, 0.05) is 18.5 Å². The van der Waals surface area contributed by atoms with Gasteiger partial charge in [0.15, 0.2) is 6.04 Å². The van der Waals surface area contributed by atoms with Crippen molar-refractivity contribution in [3.8, 4) is 0 Å². The fourth-order valence-electron chi connectivity index (χ4n) is 3.24. The highest BCUT2D eigenvalue weighted by atomic mass is 16.5. The molecule has 2 N–H and O–H groups in total. The molecule has 6 heteroatoms. The maximum absolute atomic E-state index is 12.5. The molecule has 1 saturated heterocycles. The van der Waals surface area contributed by atoms with Crippen molar-refractivity contribution in [3.05, 3.63) is 0 Å². The molecule has 1 unspecified atom stereocenters. The molecular weight excluding hydrogens is 260 g/mol. The van der Waals surface area contributed by atoms with Gasteiger partial charge in [-0.3, -0.25) is 4.79 Å². The van der Waals surface area contributed by atoms with E-state index < -0.39 is 12.0 Å². The van der Waals surface area contributed by atoms with Gasteiger partial charge in [-0.1, -0.05) is 19.3 Å². The number of ether oxygens (including phenoxy) is 1. The number of carboxylic acid groups (broad SMARTS) is 1. The summed E-state index contributed by atoms with van der Waals surface area (Å²) >= 11 is 0. The van der Waals surface area contributed by atoms with Crippen molar-refractivity contribution in [2.75, 3.05) is 26.8 Å². The van der Waals surface area contributed by atoms with Gasteiger partial charge in [-0.25, -0.2) is 4.79 Å². The number of morpholine rings is 1. The van der Waals surface area contributed by atoms with E-state index in [1.54, 1.807) is 0 Å². The van der Waals surface area contributed by atoms with Gasteiger partial charge < -0.3 is 20.1 Å². The lowest BCUT2D eigenvalue weighted by atomic mass is 9.79. The minimum absolute atomic E-state index is 0.0723. The van der Waals surface area contributed by atoms with E-state index in [1.807, 2.05) is 7.05 Å². The summed E-state index contributed by atoms with van der Waals surface area (Å²) in [6.07, 6.45) is 5.81. The van der Waals surface area contributed by atoms with Crippen molar-refractivity contribution in [2.24, 2.45) is 0 Å². The Balaban J connectivity index is 2.03. The molecule has 0 radical (unpaired) electrons. The van der Waals surface area contributed by atoms with Crippen molar-refractivity contribution in [1.29, 1.82) is 0 Å². The van der Waals surface area contributed by atoms with E-state index in [4.69, 9.17) is 4.74 Å². The predicted octanol–water partition coefficient (Wildman–Crippen LogP) is 0.611. The molecule has 2 rings (SSSR count). The summed E-state index contributed by atoms with van der Waals surface area (Å²) < 4.78 is 5.17. The summed E-state index contributed by atoms with van der Waals surface area (Å²) in [5.74, 6) is -1.06. The topological polar surface area (TPSA) is 78.9 Å². The van der Waals surface area contributed by atoms with Gasteiger partial charge in [-0.05, 0) is 19.9 Å². The molecule has 0 aromatic heterocycles. The first kappa shape index (κ1) is 15.3. The molecule has 1 heterocycles. The molecule has 1 aliphatic carbocycles. The lowest BCUT2D eigenvalue weighted by Gasteiger charge is -2.40. The van der Waals surface area contributed by atoms with E-state index in [0.717, 1.165) is 25.7 Å². The zero-order valence-corrected chi connectivity index (χ0v) is 12.1. The lowest BCUT2D eigenvalue weighted by Crippen LogP contribution is -2.56. The summed E-state index contributed by atoms with van der Waals surface area (Å²) in [6, 6.07) is -0.839. The fraction of sp³-hybridized carbons (Fsp3) is 0.857. The average Bonchev–Trinajstić information content (AvgIpc) is 2.48. The number of nitrogens with one attached hydrogen (secondary N) is 1. The Kier molecular flexibility index (Phi) is 4.99. The zero-order valence-electron chi connectivity index (χ0n) is 12.1. The lowest BCUT2D eigenvalue weighted by molar-refractivity contribution is -0.159. The monoisotopic (exact) mass is 284 g/mol. The molecule has 1 aliphatic heterocycles. The number of hydrogen-bond donors (Lipinski definition) is 2. The van der Waals surface area contributed by atoms with E-state index in [9.17, 15) is 14.7 Å². The van der Waals surface area contributed by atoms with Crippen LogP contribution in [0.1, 0.15) is 38.5 Å². The van der Waals surface area contributed by atoms with E-state index in [-0.39, 0.29) is 18.1 Å². The summed E-state index contributed by atoms with van der Waals surface area (Å²) in [5, 5.41) is 12.5. The molecular formula is C14H24N2O4. The Morgan fingerprint density at radius 3 is 2.65 bits per heavy atom. The van der Waals surface area contributed by atoms with E-state index in [2.05, 4.69) is 5.32 Å². The molecule has 20 heavy (non-hydrogen) atoms. The first-order chi connectivity index (χ1) is 9.58. The van der Waals surface area contributed by atoms with Crippen LogP contribution in [0.2, 0.25) is 0 Å². The largest absolute Gasteiger partial charge is 0.480 e. The summed E-state index contributed by atoms with van der Waals surface area (Å²) in [7, 11) is 1.90. The quantitative estimate of drug-likeness (QED) is 0.791. The van der Waals surface area contributed by atoms with Crippen LogP contribution in [-0.2, 0) is 14.3 Å². The maximum Gasteiger partial charge on any atom is 0.328 e. The van der Waals surface area contributed by atoms with Gasteiger partial charge in [0.25, 0.3) is 0 Å². The first-order valence-corrected chi connectivity index (χ1v) is 7.37. The van der Waals surface area contributed by atoms with Gasteiger partial charge in [0.2, 0.25) is 5.91 Å². The van der Waals surface area contributed by atoms with Gasteiger partial charge in [0.05, 0.1) is 13.2 Å². The van der Waals surface area contributed by atoms with Crippen molar-refractivity contribution in [3.63, 3.8) is 0 Å². The molecule has 1 saturated carbocycles. The fourth-order valence-corrected chi connectivity index (χ4v) is 3.24. The molecule has 6 nitrogen and oxygen atoms in total. The Morgan fingerprint density at radius 1 is 1.35 bits per heavy atom. The molecule has 0 bridgehead atoms. The molecule has 1 atom stereocenters. The molecule has 0 aromatic rings. The molecule has 114 valence electrons. The smallest absolute Gasteiger partial charge is 0.328 e.